The number of benzene rings is 1. The number of esters is 1. The van der Waals surface area contributed by atoms with Gasteiger partial charge in [0.15, 0.2) is 11.9 Å². The van der Waals surface area contributed by atoms with Crippen molar-refractivity contribution in [1.82, 2.24) is 19.6 Å². The normalized spacial score (nSPS) is 12.0. The number of carbonyl (C=O) groups excluding carboxylic acids is 1. The number of nitrogens with zero attached hydrogens (tertiary/aromatic N) is 4. The number of hydrogen-bond donors (Lipinski definition) is 1. The van der Waals surface area contributed by atoms with E-state index in [1.807, 2.05) is 30.3 Å². The highest BCUT2D eigenvalue weighted by molar-refractivity contribution is 5.82. The van der Waals surface area contributed by atoms with Crippen LogP contribution < -0.4 is 5.32 Å². The SMILES string of the molecule is COC(=O)C(Nc1nccn2cnnc12)c1ccccc1. The molecule has 7 heteroatoms. The fraction of sp³-hybridized carbons (Fsp3) is 0.143. The van der Waals surface area contributed by atoms with E-state index < -0.39 is 12.0 Å². The van der Waals surface area contributed by atoms with Gasteiger partial charge >= 0.3 is 5.97 Å². The first-order valence-electron chi connectivity index (χ1n) is 6.33. The monoisotopic (exact) mass is 283 g/mol. The summed E-state index contributed by atoms with van der Waals surface area (Å²) in [4.78, 5) is 16.3. The number of carbonyl (C=O) groups is 1. The third-order valence-corrected chi connectivity index (χ3v) is 3.07. The predicted molar refractivity (Wildman–Crippen MR) is 75.6 cm³/mol. The van der Waals surface area contributed by atoms with Crippen molar-refractivity contribution in [1.29, 1.82) is 0 Å². The maximum atomic E-state index is 12.0. The molecule has 21 heavy (non-hydrogen) atoms. The fourth-order valence-corrected chi connectivity index (χ4v) is 2.04. The molecule has 1 aromatic carbocycles. The Morgan fingerprint density at radius 3 is 2.90 bits per heavy atom. The lowest BCUT2D eigenvalue weighted by Gasteiger charge is -2.17. The molecule has 0 aliphatic heterocycles. The van der Waals surface area contributed by atoms with Gasteiger partial charge in [-0.1, -0.05) is 30.3 Å². The van der Waals surface area contributed by atoms with Crippen molar-refractivity contribution in [2.45, 2.75) is 6.04 Å². The highest BCUT2D eigenvalue weighted by Gasteiger charge is 2.22. The molecule has 2 aromatic heterocycles. The zero-order valence-electron chi connectivity index (χ0n) is 11.3. The molecule has 2 heterocycles. The van der Waals surface area contributed by atoms with Gasteiger partial charge in [0.2, 0.25) is 5.65 Å². The lowest BCUT2D eigenvalue weighted by molar-refractivity contribution is -0.141. The van der Waals surface area contributed by atoms with Crippen LogP contribution >= 0.6 is 0 Å². The molecule has 0 saturated heterocycles. The molecule has 0 fully saturated rings. The van der Waals surface area contributed by atoms with Gasteiger partial charge in [0.1, 0.15) is 6.33 Å². The van der Waals surface area contributed by atoms with Crippen LogP contribution in [-0.4, -0.2) is 32.7 Å². The Balaban J connectivity index is 1.99. The first kappa shape index (κ1) is 13.0. The largest absolute Gasteiger partial charge is 0.467 e. The molecule has 0 spiro atoms. The van der Waals surface area contributed by atoms with E-state index in [4.69, 9.17) is 4.74 Å². The number of aromatic nitrogens is 4. The maximum absolute atomic E-state index is 12.0. The Morgan fingerprint density at radius 1 is 1.33 bits per heavy atom. The van der Waals surface area contributed by atoms with Gasteiger partial charge in [0.25, 0.3) is 0 Å². The van der Waals surface area contributed by atoms with Crippen LogP contribution in [-0.2, 0) is 9.53 Å². The molecule has 1 atom stereocenters. The van der Waals surface area contributed by atoms with E-state index in [1.54, 1.807) is 23.1 Å². The third-order valence-electron chi connectivity index (χ3n) is 3.07. The van der Waals surface area contributed by atoms with Crippen molar-refractivity contribution in [2.75, 3.05) is 12.4 Å². The van der Waals surface area contributed by atoms with Crippen LogP contribution in [0.4, 0.5) is 5.82 Å². The molecular formula is C14H13N5O2. The highest BCUT2D eigenvalue weighted by Crippen LogP contribution is 2.21. The summed E-state index contributed by atoms with van der Waals surface area (Å²) in [5, 5.41) is 10.9. The molecule has 0 bridgehead atoms. The zero-order chi connectivity index (χ0) is 14.7. The molecule has 106 valence electrons. The van der Waals surface area contributed by atoms with Crippen molar-refractivity contribution in [2.24, 2.45) is 0 Å². The second-order valence-corrected chi connectivity index (χ2v) is 4.35. The highest BCUT2D eigenvalue weighted by atomic mass is 16.5. The van der Waals surface area contributed by atoms with Gasteiger partial charge in [-0.2, -0.15) is 0 Å². The van der Waals surface area contributed by atoms with Crippen LogP contribution in [0.15, 0.2) is 49.1 Å². The lowest BCUT2D eigenvalue weighted by Crippen LogP contribution is -2.23. The predicted octanol–water partition coefficient (Wildman–Crippen LogP) is 1.45. The van der Waals surface area contributed by atoms with Crippen LogP contribution in [0, 0.1) is 0 Å². The van der Waals surface area contributed by atoms with Gasteiger partial charge in [-0.25, -0.2) is 9.78 Å². The Morgan fingerprint density at radius 2 is 2.14 bits per heavy atom. The van der Waals surface area contributed by atoms with Gasteiger partial charge in [0.05, 0.1) is 7.11 Å². The second-order valence-electron chi connectivity index (χ2n) is 4.35. The van der Waals surface area contributed by atoms with Crippen molar-refractivity contribution in [3.8, 4) is 0 Å². The fourth-order valence-electron chi connectivity index (χ4n) is 2.04. The van der Waals surface area contributed by atoms with Crippen LogP contribution in [0.2, 0.25) is 0 Å². The van der Waals surface area contributed by atoms with Crippen molar-refractivity contribution >= 4 is 17.4 Å². The van der Waals surface area contributed by atoms with E-state index in [0.29, 0.717) is 11.5 Å². The maximum Gasteiger partial charge on any atom is 0.333 e. The van der Waals surface area contributed by atoms with E-state index >= 15 is 0 Å². The van der Waals surface area contributed by atoms with Crippen molar-refractivity contribution in [3.63, 3.8) is 0 Å². The summed E-state index contributed by atoms with van der Waals surface area (Å²) in [6.45, 7) is 0. The third kappa shape index (κ3) is 2.53. The van der Waals surface area contributed by atoms with Gasteiger partial charge in [-0.3, -0.25) is 4.40 Å². The number of fused-ring (bicyclic) bond motifs is 1. The van der Waals surface area contributed by atoms with Crippen molar-refractivity contribution in [3.05, 3.63) is 54.6 Å². The minimum atomic E-state index is -0.661. The van der Waals surface area contributed by atoms with Gasteiger partial charge < -0.3 is 10.1 Å². The van der Waals surface area contributed by atoms with E-state index in [0.717, 1.165) is 5.56 Å². The smallest absolute Gasteiger partial charge is 0.333 e. The summed E-state index contributed by atoms with van der Waals surface area (Å²) >= 11 is 0. The molecule has 0 aliphatic carbocycles. The number of hydrogen-bond acceptors (Lipinski definition) is 6. The van der Waals surface area contributed by atoms with Crippen molar-refractivity contribution < 1.29 is 9.53 Å². The number of rotatable bonds is 4. The minimum Gasteiger partial charge on any atom is -0.467 e. The van der Waals surface area contributed by atoms with Gasteiger partial charge in [0, 0.05) is 12.4 Å². The van der Waals surface area contributed by atoms with Crippen LogP contribution in [0.3, 0.4) is 0 Å². The first-order valence-corrected chi connectivity index (χ1v) is 6.33. The summed E-state index contributed by atoms with van der Waals surface area (Å²) < 4.78 is 6.58. The minimum absolute atomic E-state index is 0.399. The van der Waals surface area contributed by atoms with E-state index in [9.17, 15) is 4.79 Å². The Kier molecular flexibility index (Phi) is 3.46. The quantitative estimate of drug-likeness (QED) is 0.730. The summed E-state index contributed by atoms with van der Waals surface area (Å²) in [5.74, 6) is 0.0683. The Labute approximate surface area is 120 Å². The molecule has 1 N–H and O–H groups in total. The summed E-state index contributed by atoms with van der Waals surface area (Å²) in [5.41, 5.74) is 1.33. The van der Waals surface area contributed by atoms with E-state index in [1.165, 1.54) is 7.11 Å². The summed E-state index contributed by atoms with van der Waals surface area (Å²) in [6.07, 6.45) is 4.91. The lowest BCUT2D eigenvalue weighted by atomic mass is 10.1. The number of nitrogens with one attached hydrogen (secondary N) is 1. The molecule has 0 amide bonds. The van der Waals surface area contributed by atoms with Gasteiger partial charge in [-0.05, 0) is 5.56 Å². The number of anilines is 1. The molecule has 7 nitrogen and oxygen atoms in total. The van der Waals surface area contributed by atoms with Crippen LogP contribution in [0.25, 0.3) is 5.65 Å². The Bertz CT molecular complexity index is 756. The Hall–Kier alpha value is -2.96. The molecule has 0 saturated carbocycles. The topological polar surface area (TPSA) is 81.4 Å². The standard InChI is InChI=1S/C14H13N5O2/c1-21-14(20)11(10-5-3-2-4-6-10)17-12-13-18-16-9-19(13)8-7-15-12/h2-9,11H,1H3,(H,15,17). The molecule has 3 rings (SSSR count). The zero-order valence-corrected chi connectivity index (χ0v) is 11.3. The molecule has 3 aromatic rings. The molecule has 0 radical (unpaired) electrons. The van der Waals surface area contributed by atoms with E-state index in [2.05, 4.69) is 20.5 Å². The summed E-state index contributed by atoms with van der Waals surface area (Å²) in [7, 11) is 1.35. The average Bonchev–Trinajstić information content (AvgIpc) is 3.02. The first-order chi connectivity index (χ1) is 10.3. The van der Waals surface area contributed by atoms with Gasteiger partial charge in [-0.15, -0.1) is 10.2 Å². The van der Waals surface area contributed by atoms with Crippen LogP contribution in [0.1, 0.15) is 11.6 Å². The number of methoxy groups -OCH3 is 1. The summed E-state index contributed by atoms with van der Waals surface area (Å²) in [6, 6.07) is 8.63. The van der Waals surface area contributed by atoms with Crippen LogP contribution in [0.5, 0.6) is 0 Å². The second kappa shape index (κ2) is 5.58. The van der Waals surface area contributed by atoms with E-state index in [-0.39, 0.29) is 0 Å². The molecule has 1 unspecified atom stereocenters. The molecular weight excluding hydrogens is 270 g/mol. The number of ether oxygens (including phenoxy) is 1. The average molecular weight is 283 g/mol. The molecule has 0 aliphatic rings.